The zero-order valence-electron chi connectivity index (χ0n) is 9.51. The summed E-state index contributed by atoms with van der Waals surface area (Å²) in [5.74, 6) is -0.817. The van der Waals surface area contributed by atoms with Gasteiger partial charge in [0, 0.05) is 16.6 Å². The van der Waals surface area contributed by atoms with Crippen LogP contribution in [-0.4, -0.2) is 10.9 Å². The minimum absolute atomic E-state index is 0.194. The Labute approximate surface area is 97.8 Å². The van der Waals surface area contributed by atoms with Crippen LogP contribution in [0.2, 0.25) is 0 Å². The van der Waals surface area contributed by atoms with Crippen LogP contribution in [0.3, 0.4) is 0 Å². The quantitative estimate of drug-likeness (QED) is 0.777. The van der Waals surface area contributed by atoms with E-state index in [2.05, 4.69) is 4.98 Å². The second-order valence-electron chi connectivity index (χ2n) is 4.61. The molecule has 0 bridgehead atoms. The standard InChI is InChI=1S/C13H13FN2O/c1-6-11-8(13(15)17)3-2-7-9(14)4-5-10(16-6)12(7)11/h4-5,8,16H,2-3H2,1H3,(H2,15,17). The van der Waals surface area contributed by atoms with Crippen LogP contribution in [0.5, 0.6) is 0 Å². The normalized spacial score (nSPS) is 18.6. The summed E-state index contributed by atoms with van der Waals surface area (Å²) >= 11 is 0. The van der Waals surface area contributed by atoms with Crippen molar-refractivity contribution in [1.82, 2.24) is 4.98 Å². The number of amides is 1. The highest BCUT2D eigenvalue weighted by Crippen LogP contribution is 2.39. The third-order valence-electron chi connectivity index (χ3n) is 3.63. The lowest BCUT2D eigenvalue weighted by molar-refractivity contribution is -0.119. The molecule has 0 aliphatic heterocycles. The van der Waals surface area contributed by atoms with Gasteiger partial charge in [-0.15, -0.1) is 0 Å². The summed E-state index contributed by atoms with van der Waals surface area (Å²) in [5, 5.41) is 0.859. The molecule has 0 saturated heterocycles. The van der Waals surface area contributed by atoms with Gasteiger partial charge in [0.05, 0.1) is 5.92 Å². The van der Waals surface area contributed by atoms with E-state index in [4.69, 9.17) is 5.73 Å². The van der Waals surface area contributed by atoms with Gasteiger partial charge in [0.1, 0.15) is 5.82 Å². The number of rotatable bonds is 1. The number of primary amides is 1. The van der Waals surface area contributed by atoms with E-state index in [1.165, 1.54) is 6.07 Å². The smallest absolute Gasteiger partial charge is 0.225 e. The van der Waals surface area contributed by atoms with Gasteiger partial charge in [-0.3, -0.25) is 4.79 Å². The Morgan fingerprint density at radius 3 is 3.00 bits per heavy atom. The van der Waals surface area contributed by atoms with E-state index in [1.54, 1.807) is 6.07 Å². The van der Waals surface area contributed by atoms with Crippen molar-refractivity contribution in [1.29, 1.82) is 0 Å². The first-order valence-electron chi connectivity index (χ1n) is 5.68. The van der Waals surface area contributed by atoms with Crippen molar-refractivity contribution < 1.29 is 9.18 Å². The predicted octanol–water partition coefficient (Wildman–Crippen LogP) is 2.13. The molecule has 88 valence electrons. The molecule has 3 rings (SSSR count). The van der Waals surface area contributed by atoms with Crippen LogP contribution in [-0.2, 0) is 11.2 Å². The van der Waals surface area contributed by atoms with E-state index in [9.17, 15) is 9.18 Å². The van der Waals surface area contributed by atoms with Gasteiger partial charge in [-0.2, -0.15) is 0 Å². The summed E-state index contributed by atoms with van der Waals surface area (Å²) in [6.45, 7) is 1.90. The summed E-state index contributed by atoms with van der Waals surface area (Å²) in [4.78, 5) is 14.7. The highest BCUT2D eigenvalue weighted by atomic mass is 19.1. The Balaban J connectivity index is 2.40. The van der Waals surface area contributed by atoms with Crippen LogP contribution in [0, 0.1) is 12.7 Å². The molecule has 0 spiro atoms. The molecule has 0 saturated carbocycles. The van der Waals surface area contributed by atoms with Crippen molar-refractivity contribution in [3.05, 3.63) is 34.8 Å². The maximum absolute atomic E-state index is 13.7. The molecule has 17 heavy (non-hydrogen) atoms. The zero-order chi connectivity index (χ0) is 12.2. The number of carbonyl (C=O) groups excluding carboxylic acids is 1. The number of aryl methyl sites for hydroxylation is 2. The van der Waals surface area contributed by atoms with Gasteiger partial charge >= 0.3 is 0 Å². The molecule has 3 N–H and O–H groups in total. The summed E-state index contributed by atoms with van der Waals surface area (Å²) in [7, 11) is 0. The van der Waals surface area contributed by atoms with Crippen molar-refractivity contribution in [2.24, 2.45) is 5.73 Å². The molecule has 0 radical (unpaired) electrons. The van der Waals surface area contributed by atoms with Crippen molar-refractivity contribution in [2.75, 3.05) is 0 Å². The fraction of sp³-hybridized carbons (Fsp3) is 0.308. The number of hydrogen-bond acceptors (Lipinski definition) is 1. The first kappa shape index (κ1) is 10.3. The SMILES string of the molecule is Cc1[nH]c2ccc(F)c3c2c1C(C(N)=O)CC3. The summed E-state index contributed by atoms with van der Waals surface area (Å²) in [6.07, 6.45) is 1.16. The molecular weight excluding hydrogens is 219 g/mol. The molecule has 1 aliphatic carbocycles. The summed E-state index contributed by atoms with van der Waals surface area (Å²) in [5.41, 5.74) is 8.81. The van der Waals surface area contributed by atoms with Gasteiger partial charge in [0.25, 0.3) is 0 Å². The Morgan fingerprint density at radius 2 is 2.29 bits per heavy atom. The van der Waals surface area contributed by atoms with Gasteiger partial charge in [-0.05, 0) is 43.0 Å². The number of aromatic nitrogens is 1. The molecule has 1 heterocycles. The fourth-order valence-electron chi connectivity index (χ4n) is 2.89. The second kappa shape index (κ2) is 3.32. The van der Waals surface area contributed by atoms with E-state index >= 15 is 0 Å². The largest absolute Gasteiger partial charge is 0.369 e. The van der Waals surface area contributed by atoms with E-state index in [0.717, 1.165) is 22.2 Å². The first-order valence-corrected chi connectivity index (χ1v) is 5.68. The molecule has 1 amide bonds. The number of benzene rings is 1. The first-order chi connectivity index (χ1) is 8.09. The van der Waals surface area contributed by atoms with Crippen molar-refractivity contribution in [2.45, 2.75) is 25.7 Å². The molecule has 4 heteroatoms. The zero-order valence-corrected chi connectivity index (χ0v) is 9.51. The lowest BCUT2D eigenvalue weighted by atomic mass is 9.82. The average Bonchev–Trinajstić information content (AvgIpc) is 2.62. The lowest BCUT2D eigenvalue weighted by Crippen LogP contribution is -2.24. The highest BCUT2D eigenvalue weighted by molar-refractivity contribution is 5.95. The number of hydrogen-bond donors (Lipinski definition) is 2. The highest BCUT2D eigenvalue weighted by Gasteiger charge is 2.30. The lowest BCUT2D eigenvalue weighted by Gasteiger charge is -2.21. The van der Waals surface area contributed by atoms with Gasteiger partial charge in [-0.1, -0.05) is 0 Å². The van der Waals surface area contributed by atoms with Crippen LogP contribution in [0.4, 0.5) is 4.39 Å². The van der Waals surface area contributed by atoms with Gasteiger partial charge in [0.2, 0.25) is 5.91 Å². The molecule has 1 aromatic carbocycles. The van der Waals surface area contributed by atoms with Crippen molar-refractivity contribution in [3.63, 3.8) is 0 Å². The van der Waals surface area contributed by atoms with Crippen molar-refractivity contribution in [3.8, 4) is 0 Å². The minimum atomic E-state index is -0.330. The van der Waals surface area contributed by atoms with Crippen LogP contribution in [0.15, 0.2) is 12.1 Å². The Morgan fingerprint density at radius 1 is 1.53 bits per heavy atom. The summed E-state index contributed by atoms with van der Waals surface area (Å²) in [6, 6.07) is 3.19. The number of nitrogens with two attached hydrogens (primary N) is 1. The number of aromatic amines is 1. The van der Waals surface area contributed by atoms with Crippen molar-refractivity contribution >= 4 is 16.8 Å². The molecule has 2 aromatic rings. The Hall–Kier alpha value is -1.84. The van der Waals surface area contributed by atoms with E-state index in [0.29, 0.717) is 18.4 Å². The predicted molar refractivity (Wildman–Crippen MR) is 63.3 cm³/mol. The molecule has 1 atom stereocenters. The Kier molecular flexibility index (Phi) is 2.02. The maximum Gasteiger partial charge on any atom is 0.225 e. The third kappa shape index (κ3) is 1.30. The van der Waals surface area contributed by atoms with Crippen LogP contribution in [0.1, 0.15) is 29.2 Å². The number of H-pyrrole nitrogens is 1. The molecule has 0 fully saturated rings. The number of nitrogens with one attached hydrogen (secondary N) is 1. The average molecular weight is 232 g/mol. The number of carbonyl (C=O) groups is 1. The molecular formula is C13H13FN2O. The molecule has 1 unspecified atom stereocenters. The van der Waals surface area contributed by atoms with Gasteiger partial charge in [-0.25, -0.2) is 4.39 Å². The van der Waals surface area contributed by atoms with E-state index in [1.807, 2.05) is 6.92 Å². The maximum atomic E-state index is 13.7. The fourth-order valence-corrected chi connectivity index (χ4v) is 2.89. The van der Waals surface area contributed by atoms with E-state index < -0.39 is 0 Å². The van der Waals surface area contributed by atoms with Crippen LogP contribution >= 0.6 is 0 Å². The van der Waals surface area contributed by atoms with Gasteiger partial charge in [0.15, 0.2) is 0 Å². The Bertz CT molecular complexity index is 630. The number of halogens is 1. The summed E-state index contributed by atoms with van der Waals surface area (Å²) < 4.78 is 13.7. The van der Waals surface area contributed by atoms with Crippen LogP contribution in [0.25, 0.3) is 10.9 Å². The third-order valence-corrected chi connectivity index (χ3v) is 3.63. The second-order valence-corrected chi connectivity index (χ2v) is 4.61. The molecule has 1 aliphatic rings. The molecule has 1 aromatic heterocycles. The molecule has 3 nitrogen and oxygen atoms in total. The van der Waals surface area contributed by atoms with Gasteiger partial charge < -0.3 is 10.7 Å². The van der Waals surface area contributed by atoms with Crippen LogP contribution < -0.4 is 5.73 Å². The minimum Gasteiger partial charge on any atom is -0.369 e. The monoisotopic (exact) mass is 232 g/mol. The van der Waals surface area contributed by atoms with E-state index in [-0.39, 0.29) is 17.6 Å². The topological polar surface area (TPSA) is 58.9 Å².